The Hall–Kier alpha value is -1.36. The minimum atomic E-state index is -0.964. The van der Waals surface area contributed by atoms with Crippen LogP contribution in [0.2, 0.25) is 0 Å². The van der Waals surface area contributed by atoms with Crippen molar-refractivity contribution in [1.29, 1.82) is 0 Å². The Morgan fingerprint density at radius 1 is 1.53 bits per heavy atom. The standard InChI is InChI=1S/C10H11NO3S/c12-8(6-7-2-1-5-15-7)11-10(3-4-10)9(13)14/h1-2,5H,3-4,6H2,(H,11,12)(H,13,14). The highest BCUT2D eigenvalue weighted by atomic mass is 32.1. The van der Waals surface area contributed by atoms with E-state index in [0.29, 0.717) is 12.8 Å². The van der Waals surface area contributed by atoms with Crippen LogP contribution in [0.3, 0.4) is 0 Å². The Balaban J connectivity index is 1.91. The smallest absolute Gasteiger partial charge is 0.329 e. The molecule has 1 fully saturated rings. The molecule has 0 radical (unpaired) electrons. The van der Waals surface area contributed by atoms with Crippen LogP contribution >= 0.6 is 11.3 Å². The van der Waals surface area contributed by atoms with E-state index in [0.717, 1.165) is 4.88 Å². The molecule has 1 heterocycles. The molecule has 1 amide bonds. The van der Waals surface area contributed by atoms with E-state index < -0.39 is 11.5 Å². The van der Waals surface area contributed by atoms with Gasteiger partial charge in [-0.05, 0) is 24.3 Å². The van der Waals surface area contributed by atoms with Crippen molar-refractivity contribution in [2.75, 3.05) is 0 Å². The third-order valence-electron chi connectivity index (χ3n) is 2.45. The fourth-order valence-corrected chi connectivity index (χ4v) is 2.10. The highest BCUT2D eigenvalue weighted by Gasteiger charge is 2.51. The zero-order chi connectivity index (χ0) is 10.9. The first kappa shape index (κ1) is 10.2. The van der Waals surface area contributed by atoms with Gasteiger partial charge < -0.3 is 10.4 Å². The fraction of sp³-hybridized carbons (Fsp3) is 0.400. The summed E-state index contributed by atoms with van der Waals surface area (Å²) >= 11 is 1.50. The molecule has 0 bridgehead atoms. The van der Waals surface area contributed by atoms with E-state index in [1.807, 2.05) is 17.5 Å². The second kappa shape index (κ2) is 3.66. The van der Waals surface area contributed by atoms with E-state index in [9.17, 15) is 9.59 Å². The van der Waals surface area contributed by atoms with Crippen molar-refractivity contribution in [3.05, 3.63) is 22.4 Å². The van der Waals surface area contributed by atoms with Crippen molar-refractivity contribution in [2.24, 2.45) is 0 Å². The number of carbonyl (C=O) groups is 2. The van der Waals surface area contributed by atoms with E-state index in [1.54, 1.807) is 0 Å². The minimum Gasteiger partial charge on any atom is -0.480 e. The van der Waals surface area contributed by atoms with Crippen molar-refractivity contribution in [2.45, 2.75) is 24.8 Å². The van der Waals surface area contributed by atoms with Gasteiger partial charge in [0.05, 0.1) is 6.42 Å². The van der Waals surface area contributed by atoms with Crippen molar-refractivity contribution < 1.29 is 14.7 Å². The molecule has 0 aliphatic heterocycles. The van der Waals surface area contributed by atoms with Crippen LogP contribution < -0.4 is 5.32 Å². The quantitative estimate of drug-likeness (QED) is 0.804. The van der Waals surface area contributed by atoms with Crippen LogP contribution in [-0.2, 0) is 16.0 Å². The lowest BCUT2D eigenvalue weighted by molar-refractivity contribution is -0.143. The van der Waals surface area contributed by atoms with Gasteiger partial charge in [-0.3, -0.25) is 4.79 Å². The van der Waals surface area contributed by atoms with Crippen molar-refractivity contribution in [3.63, 3.8) is 0 Å². The van der Waals surface area contributed by atoms with Crippen LogP contribution in [0.15, 0.2) is 17.5 Å². The van der Waals surface area contributed by atoms with E-state index in [2.05, 4.69) is 5.32 Å². The Labute approximate surface area is 90.9 Å². The average molecular weight is 225 g/mol. The Morgan fingerprint density at radius 3 is 2.73 bits per heavy atom. The van der Waals surface area contributed by atoms with Gasteiger partial charge in [-0.1, -0.05) is 6.07 Å². The maximum absolute atomic E-state index is 11.5. The third-order valence-corrected chi connectivity index (χ3v) is 3.33. The van der Waals surface area contributed by atoms with Gasteiger partial charge >= 0.3 is 5.97 Å². The molecule has 0 atom stereocenters. The first-order chi connectivity index (χ1) is 7.12. The minimum absolute atomic E-state index is 0.211. The number of aliphatic carboxylic acids is 1. The van der Waals surface area contributed by atoms with Gasteiger partial charge in [0, 0.05) is 4.88 Å². The van der Waals surface area contributed by atoms with Crippen molar-refractivity contribution in [1.82, 2.24) is 5.32 Å². The molecule has 1 aliphatic carbocycles. The number of amides is 1. The number of nitrogens with one attached hydrogen (secondary N) is 1. The van der Waals surface area contributed by atoms with Crippen LogP contribution in [-0.4, -0.2) is 22.5 Å². The summed E-state index contributed by atoms with van der Waals surface area (Å²) in [5.74, 6) is -1.14. The third kappa shape index (κ3) is 2.18. The number of carboxylic acid groups (broad SMARTS) is 1. The zero-order valence-corrected chi connectivity index (χ0v) is 8.84. The average Bonchev–Trinajstić information content (AvgIpc) is 2.75. The van der Waals surface area contributed by atoms with Crippen LogP contribution in [0.1, 0.15) is 17.7 Å². The molecule has 2 rings (SSSR count). The molecule has 1 aliphatic rings. The van der Waals surface area contributed by atoms with E-state index in [4.69, 9.17) is 5.11 Å². The lowest BCUT2D eigenvalue weighted by Gasteiger charge is -2.11. The van der Waals surface area contributed by atoms with Crippen LogP contribution in [0.4, 0.5) is 0 Å². The predicted molar refractivity (Wildman–Crippen MR) is 55.8 cm³/mol. The molecule has 1 aromatic rings. The lowest BCUT2D eigenvalue weighted by atomic mass is 10.2. The second-order valence-electron chi connectivity index (χ2n) is 3.69. The molecular weight excluding hydrogens is 214 g/mol. The fourth-order valence-electron chi connectivity index (χ4n) is 1.40. The van der Waals surface area contributed by atoms with Gasteiger partial charge in [-0.25, -0.2) is 4.79 Å². The number of hydrogen-bond donors (Lipinski definition) is 2. The highest BCUT2D eigenvalue weighted by molar-refractivity contribution is 7.10. The largest absolute Gasteiger partial charge is 0.480 e. The van der Waals surface area contributed by atoms with E-state index in [-0.39, 0.29) is 12.3 Å². The van der Waals surface area contributed by atoms with Gasteiger partial charge in [-0.15, -0.1) is 11.3 Å². The predicted octanol–water partition coefficient (Wildman–Crippen LogP) is 1.02. The molecule has 1 aromatic heterocycles. The van der Waals surface area contributed by atoms with Crippen molar-refractivity contribution >= 4 is 23.2 Å². The maximum atomic E-state index is 11.5. The molecule has 2 N–H and O–H groups in total. The second-order valence-corrected chi connectivity index (χ2v) is 4.72. The first-order valence-electron chi connectivity index (χ1n) is 4.69. The van der Waals surface area contributed by atoms with Crippen LogP contribution in [0.25, 0.3) is 0 Å². The Kier molecular flexibility index (Phi) is 2.48. The Morgan fingerprint density at radius 2 is 2.27 bits per heavy atom. The number of rotatable bonds is 4. The molecule has 0 unspecified atom stereocenters. The number of thiophene rings is 1. The van der Waals surface area contributed by atoms with Gasteiger partial charge in [-0.2, -0.15) is 0 Å². The lowest BCUT2D eigenvalue weighted by Crippen LogP contribution is -2.43. The normalized spacial score (nSPS) is 17.1. The molecule has 4 nitrogen and oxygen atoms in total. The number of carbonyl (C=O) groups excluding carboxylic acids is 1. The summed E-state index contributed by atoms with van der Waals surface area (Å²) in [5, 5.41) is 13.3. The molecule has 0 aromatic carbocycles. The summed E-state index contributed by atoms with van der Waals surface area (Å²) in [6.45, 7) is 0. The molecular formula is C10H11NO3S. The van der Waals surface area contributed by atoms with Gasteiger partial charge in [0.25, 0.3) is 0 Å². The summed E-state index contributed by atoms with van der Waals surface area (Å²) in [6, 6.07) is 3.74. The van der Waals surface area contributed by atoms with E-state index >= 15 is 0 Å². The highest BCUT2D eigenvalue weighted by Crippen LogP contribution is 2.35. The monoisotopic (exact) mass is 225 g/mol. The molecule has 1 saturated carbocycles. The summed E-state index contributed by atoms with van der Waals surface area (Å²) in [7, 11) is 0. The molecule has 0 spiro atoms. The summed E-state index contributed by atoms with van der Waals surface area (Å²) in [4.78, 5) is 23.3. The Bertz CT molecular complexity index is 381. The van der Waals surface area contributed by atoms with Crippen LogP contribution in [0, 0.1) is 0 Å². The summed E-state index contributed by atoms with van der Waals surface area (Å²) < 4.78 is 0. The SMILES string of the molecule is O=C(Cc1cccs1)NC1(C(=O)O)CC1. The van der Waals surface area contributed by atoms with Gasteiger partial charge in [0.15, 0.2) is 0 Å². The number of carboxylic acids is 1. The van der Waals surface area contributed by atoms with Gasteiger partial charge in [0.2, 0.25) is 5.91 Å². The number of hydrogen-bond acceptors (Lipinski definition) is 3. The molecule has 5 heteroatoms. The summed E-state index contributed by atoms with van der Waals surface area (Å²) in [6.07, 6.45) is 1.35. The molecule has 0 saturated heterocycles. The van der Waals surface area contributed by atoms with E-state index in [1.165, 1.54) is 11.3 Å². The zero-order valence-electron chi connectivity index (χ0n) is 8.03. The first-order valence-corrected chi connectivity index (χ1v) is 5.57. The van der Waals surface area contributed by atoms with Crippen molar-refractivity contribution in [3.8, 4) is 0 Å². The molecule has 15 heavy (non-hydrogen) atoms. The topological polar surface area (TPSA) is 66.4 Å². The van der Waals surface area contributed by atoms with Crippen LogP contribution in [0.5, 0.6) is 0 Å². The summed E-state index contributed by atoms with van der Waals surface area (Å²) in [5.41, 5.74) is -0.964. The maximum Gasteiger partial charge on any atom is 0.329 e. The molecule has 80 valence electrons. The van der Waals surface area contributed by atoms with Gasteiger partial charge in [0.1, 0.15) is 5.54 Å².